The zero-order chi connectivity index (χ0) is 16.1. The summed E-state index contributed by atoms with van der Waals surface area (Å²) in [5, 5.41) is 2.89. The minimum absolute atomic E-state index is 0.122. The van der Waals surface area contributed by atoms with E-state index in [9.17, 15) is 4.79 Å². The Balaban J connectivity index is 1.68. The van der Waals surface area contributed by atoms with Crippen LogP contribution in [0.2, 0.25) is 0 Å². The molecule has 0 bridgehead atoms. The fraction of sp³-hybridized carbons (Fsp3) is 0. The summed E-state index contributed by atoms with van der Waals surface area (Å²) < 4.78 is 1.02. The molecule has 0 aliphatic rings. The molecule has 0 aliphatic carbocycles. The lowest BCUT2D eigenvalue weighted by Crippen LogP contribution is -2.08. The van der Waals surface area contributed by atoms with Crippen LogP contribution in [0.1, 0.15) is 4.88 Å². The van der Waals surface area contributed by atoms with E-state index in [1.807, 2.05) is 54.6 Å². The molecule has 1 amide bonds. The Hall–Kier alpha value is -1.92. The van der Waals surface area contributed by atoms with E-state index in [1.54, 1.807) is 17.4 Å². The van der Waals surface area contributed by atoms with Gasteiger partial charge in [-0.1, -0.05) is 42.5 Å². The summed E-state index contributed by atoms with van der Waals surface area (Å²) in [4.78, 5) is 14.3. The van der Waals surface area contributed by atoms with Gasteiger partial charge in [0.05, 0.1) is 5.69 Å². The van der Waals surface area contributed by atoms with Gasteiger partial charge >= 0.3 is 0 Å². The molecule has 0 spiro atoms. The van der Waals surface area contributed by atoms with Gasteiger partial charge in [-0.15, -0.1) is 11.3 Å². The Kier molecular flexibility index (Phi) is 5.25. The van der Waals surface area contributed by atoms with Crippen LogP contribution in [0.15, 0.2) is 72.8 Å². The van der Waals surface area contributed by atoms with Crippen LogP contribution in [0.25, 0.3) is 16.5 Å². The molecule has 3 aromatic rings. The summed E-state index contributed by atoms with van der Waals surface area (Å²) in [7, 11) is 0. The van der Waals surface area contributed by atoms with E-state index >= 15 is 0 Å². The molecule has 0 aliphatic heterocycles. The first-order valence-electron chi connectivity index (χ1n) is 7.11. The van der Waals surface area contributed by atoms with Crippen LogP contribution in [0.3, 0.4) is 0 Å². The molecule has 23 heavy (non-hydrogen) atoms. The summed E-state index contributed by atoms with van der Waals surface area (Å²) in [6.07, 6.45) is 3.42. The average molecular weight is 431 g/mol. The summed E-state index contributed by atoms with van der Waals surface area (Å²) in [6, 6.07) is 22.1. The summed E-state index contributed by atoms with van der Waals surface area (Å²) in [5.41, 5.74) is 2.03. The van der Waals surface area contributed by atoms with E-state index in [4.69, 9.17) is 0 Å². The second-order valence-corrected chi connectivity index (χ2v) is 7.15. The van der Waals surface area contributed by atoms with E-state index < -0.39 is 0 Å². The van der Waals surface area contributed by atoms with E-state index in [2.05, 4.69) is 46.1 Å². The molecule has 2 aromatic carbocycles. The number of benzene rings is 2. The maximum atomic E-state index is 12.0. The Labute approximate surface area is 153 Å². The molecule has 0 saturated carbocycles. The van der Waals surface area contributed by atoms with E-state index in [-0.39, 0.29) is 5.91 Å². The Bertz CT molecular complexity index is 839. The van der Waals surface area contributed by atoms with Crippen molar-refractivity contribution in [2.75, 3.05) is 5.32 Å². The fourth-order valence-corrected chi connectivity index (χ4v) is 3.53. The first kappa shape index (κ1) is 16.0. The molecule has 0 fully saturated rings. The second-order valence-electron chi connectivity index (χ2n) is 4.87. The third-order valence-electron chi connectivity index (χ3n) is 3.22. The number of rotatable bonds is 4. The average Bonchev–Trinajstić information content (AvgIpc) is 3.05. The highest BCUT2D eigenvalue weighted by atomic mass is 127. The van der Waals surface area contributed by atoms with Crippen molar-refractivity contribution in [2.45, 2.75) is 0 Å². The molecule has 3 rings (SSSR count). The number of hydrogen-bond acceptors (Lipinski definition) is 2. The number of halogens is 1. The standard InChI is InChI=1S/C19H14INOS/c20-16-8-4-5-9-17(16)21-19(22)13-11-15-10-12-18(23-15)14-6-2-1-3-7-14/h1-13H,(H,21,22)/b13-11+. The van der Waals surface area contributed by atoms with Crippen LogP contribution < -0.4 is 5.32 Å². The first-order valence-corrected chi connectivity index (χ1v) is 9.01. The van der Waals surface area contributed by atoms with Gasteiger partial charge in [0.25, 0.3) is 0 Å². The van der Waals surface area contributed by atoms with Crippen LogP contribution in [0, 0.1) is 3.57 Å². The normalized spacial score (nSPS) is 10.8. The molecule has 0 radical (unpaired) electrons. The van der Waals surface area contributed by atoms with Gasteiger partial charge in [-0.05, 0) is 58.5 Å². The van der Waals surface area contributed by atoms with Gasteiger partial charge in [-0.3, -0.25) is 4.79 Å². The molecule has 0 atom stereocenters. The SMILES string of the molecule is O=C(/C=C/c1ccc(-c2ccccc2)s1)Nc1ccccc1I. The molecule has 1 aromatic heterocycles. The molecule has 4 heteroatoms. The number of anilines is 1. The molecule has 1 N–H and O–H groups in total. The molecular weight excluding hydrogens is 417 g/mol. The molecule has 114 valence electrons. The summed E-state index contributed by atoms with van der Waals surface area (Å²) >= 11 is 3.88. The smallest absolute Gasteiger partial charge is 0.248 e. The predicted octanol–water partition coefficient (Wildman–Crippen LogP) is 5.67. The largest absolute Gasteiger partial charge is 0.322 e. The van der Waals surface area contributed by atoms with Gasteiger partial charge in [0.2, 0.25) is 5.91 Å². The molecule has 1 heterocycles. The summed E-state index contributed by atoms with van der Waals surface area (Å²) in [6.45, 7) is 0. The number of carbonyl (C=O) groups excluding carboxylic acids is 1. The van der Waals surface area contributed by atoms with Crippen LogP contribution in [0.5, 0.6) is 0 Å². The lowest BCUT2D eigenvalue weighted by molar-refractivity contribution is -0.111. The van der Waals surface area contributed by atoms with Crippen LogP contribution in [-0.2, 0) is 4.79 Å². The lowest BCUT2D eigenvalue weighted by Gasteiger charge is -2.03. The number of thiophene rings is 1. The van der Waals surface area contributed by atoms with Gasteiger partial charge in [0.1, 0.15) is 0 Å². The monoisotopic (exact) mass is 431 g/mol. The van der Waals surface area contributed by atoms with Crippen molar-refractivity contribution in [3.05, 3.63) is 81.3 Å². The molecule has 2 nitrogen and oxygen atoms in total. The van der Waals surface area contributed by atoms with Gasteiger partial charge in [0.15, 0.2) is 0 Å². The van der Waals surface area contributed by atoms with Crippen LogP contribution >= 0.6 is 33.9 Å². The van der Waals surface area contributed by atoms with Crippen LogP contribution in [0.4, 0.5) is 5.69 Å². The number of para-hydroxylation sites is 1. The van der Waals surface area contributed by atoms with Crippen molar-refractivity contribution in [1.29, 1.82) is 0 Å². The number of hydrogen-bond donors (Lipinski definition) is 1. The fourth-order valence-electron chi connectivity index (χ4n) is 2.09. The van der Waals surface area contributed by atoms with E-state index in [1.165, 1.54) is 10.4 Å². The number of carbonyl (C=O) groups is 1. The Morgan fingerprint density at radius 3 is 2.48 bits per heavy atom. The Morgan fingerprint density at radius 2 is 1.70 bits per heavy atom. The Morgan fingerprint density at radius 1 is 0.957 bits per heavy atom. The van der Waals surface area contributed by atoms with Crippen molar-refractivity contribution in [3.63, 3.8) is 0 Å². The quantitative estimate of drug-likeness (QED) is 0.419. The van der Waals surface area contributed by atoms with Crippen molar-refractivity contribution in [3.8, 4) is 10.4 Å². The minimum Gasteiger partial charge on any atom is -0.322 e. The van der Waals surface area contributed by atoms with Gasteiger partial charge < -0.3 is 5.32 Å². The number of nitrogens with one attached hydrogen (secondary N) is 1. The number of amides is 1. The van der Waals surface area contributed by atoms with Gasteiger partial charge in [-0.2, -0.15) is 0 Å². The van der Waals surface area contributed by atoms with Crippen LogP contribution in [-0.4, -0.2) is 5.91 Å². The van der Waals surface area contributed by atoms with Crippen molar-refractivity contribution >= 4 is 51.6 Å². The maximum Gasteiger partial charge on any atom is 0.248 e. The first-order chi connectivity index (χ1) is 11.2. The summed E-state index contributed by atoms with van der Waals surface area (Å²) in [5.74, 6) is -0.122. The van der Waals surface area contributed by atoms with Gasteiger partial charge in [0, 0.05) is 19.4 Å². The highest BCUT2D eigenvalue weighted by Crippen LogP contribution is 2.28. The lowest BCUT2D eigenvalue weighted by atomic mass is 10.2. The molecular formula is C19H14INOS. The van der Waals surface area contributed by atoms with Crippen molar-refractivity contribution in [2.24, 2.45) is 0 Å². The zero-order valence-electron chi connectivity index (χ0n) is 12.2. The third-order valence-corrected chi connectivity index (χ3v) is 5.26. The van der Waals surface area contributed by atoms with Gasteiger partial charge in [-0.25, -0.2) is 0 Å². The third kappa shape index (κ3) is 4.30. The maximum absolute atomic E-state index is 12.0. The highest BCUT2D eigenvalue weighted by Gasteiger charge is 2.03. The van der Waals surface area contributed by atoms with Crippen molar-refractivity contribution < 1.29 is 4.79 Å². The predicted molar refractivity (Wildman–Crippen MR) is 107 cm³/mol. The van der Waals surface area contributed by atoms with E-state index in [0.29, 0.717) is 0 Å². The zero-order valence-corrected chi connectivity index (χ0v) is 15.2. The second kappa shape index (κ2) is 7.57. The topological polar surface area (TPSA) is 29.1 Å². The molecule has 0 saturated heterocycles. The minimum atomic E-state index is -0.122. The van der Waals surface area contributed by atoms with E-state index in [0.717, 1.165) is 14.1 Å². The highest BCUT2D eigenvalue weighted by molar-refractivity contribution is 14.1. The molecule has 0 unspecified atom stereocenters. The van der Waals surface area contributed by atoms with Crippen molar-refractivity contribution in [1.82, 2.24) is 0 Å².